The number of carbonyl (C=O) groups is 1. The van der Waals surface area contributed by atoms with Gasteiger partial charge in [0.05, 0.1) is 30.6 Å². The van der Waals surface area contributed by atoms with Crippen LogP contribution in [0.15, 0.2) is 53.3 Å². The highest BCUT2D eigenvalue weighted by atomic mass is 35.5. The van der Waals surface area contributed by atoms with Crippen molar-refractivity contribution < 1.29 is 14.3 Å². The van der Waals surface area contributed by atoms with E-state index in [-0.39, 0.29) is 5.56 Å². The number of halogens is 1. The summed E-state index contributed by atoms with van der Waals surface area (Å²) in [6.45, 7) is 3.59. The van der Waals surface area contributed by atoms with Gasteiger partial charge in [0, 0.05) is 17.7 Å². The van der Waals surface area contributed by atoms with Gasteiger partial charge in [0.2, 0.25) is 5.91 Å². The molecule has 0 fully saturated rings. The second-order valence-corrected chi connectivity index (χ2v) is 7.13. The lowest BCUT2D eigenvalue weighted by Gasteiger charge is -2.17. The fourth-order valence-corrected chi connectivity index (χ4v) is 3.13. The molecule has 156 valence electrons. The van der Waals surface area contributed by atoms with Gasteiger partial charge in [-0.25, -0.2) is 4.68 Å². The van der Waals surface area contributed by atoms with Crippen LogP contribution in [-0.4, -0.2) is 29.9 Å². The molecule has 7 nitrogen and oxygen atoms in total. The van der Waals surface area contributed by atoms with E-state index in [1.165, 1.54) is 26.4 Å². The number of ether oxygens (including phenoxy) is 2. The number of methoxy groups -OCH3 is 2. The maximum Gasteiger partial charge on any atom is 0.267 e. The molecule has 1 aromatic heterocycles. The number of hydrogen-bond donors (Lipinski definition) is 1. The van der Waals surface area contributed by atoms with Crippen LogP contribution >= 0.6 is 11.6 Å². The van der Waals surface area contributed by atoms with Crippen molar-refractivity contribution in [2.45, 2.75) is 19.9 Å². The summed E-state index contributed by atoms with van der Waals surface area (Å²) in [5.41, 5.74) is 2.55. The number of amides is 1. The molecule has 2 aromatic carbocycles. The van der Waals surface area contributed by atoms with Crippen LogP contribution in [0.4, 0.5) is 5.69 Å². The SMILES string of the molecule is COc1cc(OC)c(NC(=O)[C@H](C)n2nc(-c3ccc(C)cc3)ccc2=O)cc1Cl. The van der Waals surface area contributed by atoms with E-state index in [1.807, 2.05) is 31.2 Å². The number of aryl methyl sites for hydroxylation is 1. The van der Waals surface area contributed by atoms with Gasteiger partial charge in [-0.1, -0.05) is 41.4 Å². The standard InChI is InChI=1S/C22H22ClN3O4/c1-13-5-7-15(8-6-13)17-9-10-21(27)26(25-17)14(2)22(28)24-18-11-16(23)19(29-3)12-20(18)30-4/h5-12,14H,1-4H3,(H,24,28)/t14-/m0/s1. The number of aromatic nitrogens is 2. The molecule has 1 N–H and O–H groups in total. The van der Waals surface area contributed by atoms with E-state index in [2.05, 4.69) is 10.4 Å². The van der Waals surface area contributed by atoms with Crippen LogP contribution in [0.2, 0.25) is 5.02 Å². The van der Waals surface area contributed by atoms with Gasteiger partial charge in [-0.2, -0.15) is 5.10 Å². The maximum atomic E-state index is 12.9. The van der Waals surface area contributed by atoms with Crippen molar-refractivity contribution in [3.05, 3.63) is 69.5 Å². The summed E-state index contributed by atoms with van der Waals surface area (Å²) in [6.07, 6.45) is 0. The van der Waals surface area contributed by atoms with Gasteiger partial charge in [-0.05, 0) is 26.0 Å². The summed E-state index contributed by atoms with van der Waals surface area (Å²) < 4.78 is 11.6. The number of benzene rings is 2. The quantitative estimate of drug-likeness (QED) is 0.640. The van der Waals surface area contributed by atoms with Gasteiger partial charge >= 0.3 is 0 Å². The minimum absolute atomic E-state index is 0.318. The zero-order valence-corrected chi connectivity index (χ0v) is 17.9. The molecular weight excluding hydrogens is 406 g/mol. The van der Waals surface area contributed by atoms with E-state index in [4.69, 9.17) is 21.1 Å². The third kappa shape index (κ3) is 4.46. The molecule has 0 aliphatic heterocycles. The first-order valence-corrected chi connectivity index (χ1v) is 9.61. The Bertz CT molecular complexity index is 1130. The minimum atomic E-state index is -0.867. The van der Waals surface area contributed by atoms with Gasteiger partial charge in [0.25, 0.3) is 5.56 Å². The van der Waals surface area contributed by atoms with E-state index in [0.29, 0.717) is 27.9 Å². The summed E-state index contributed by atoms with van der Waals surface area (Å²) in [5, 5.41) is 7.45. The summed E-state index contributed by atoms with van der Waals surface area (Å²) in [4.78, 5) is 25.2. The zero-order valence-electron chi connectivity index (χ0n) is 17.1. The second-order valence-electron chi connectivity index (χ2n) is 6.72. The molecule has 3 rings (SSSR count). The average Bonchev–Trinajstić information content (AvgIpc) is 2.74. The third-order valence-electron chi connectivity index (χ3n) is 4.65. The van der Waals surface area contributed by atoms with E-state index in [1.54, 1.807) is 19.1 Å². The topological polar surface area (TPSA) is 82.4 Å². The lowest BCUT2D eigenvalue weighted by atomic mass is 10.1. The number of hydrogen-bond acceptors (Lipinski definition) is 5. The van der Waals surface area contributed by atoms with Crippen molar-refractivity contribution in [1.29, 1.82) is 0 Å². The lowest BCUT2D eigenvalue weighted by Crippen LogP contribution is -2.33. The molecule has 0 spiro atoms. The fourth-order valence-electron chi connectivity index (χ4n) is 2.89. The van der Waals surface area contributed by atoms with Crippen LogP contribution in [0, 0.1) is 6.92 Å². The molecule has 0 radical (unpaired) electrons. The Kier molecular flexibility index (Phi) is 6.42. The second kappa shape index (κ2) is 9.00. The highest BCUT2D eigenvalue weighted by molar-refractivity contribution is 6.32. The molecule has 1 heterocycles. The summed E-state index contributed by atoms with van der Waals surface area (Å²) in [7, 11) is 2.96. The molecule has 0 bridgehead atoms. The summed E-state index contributed by atoms with van der Waals surface area (Å²) >= 11 is 6.16. The van der Waals surface area contributed by atoms with E-state index < -0.39 is 11.9 Å². The Morgan fingerprint density at radius 1 is 1.07 bits per heavy atom. The van der Waals surface area contributed by atoms with Gasteiger partial charge in [0.1, 0.15) is 17.5 Å². The van der Waals surface area contributed by atoms with Crippen molar-refractivity contribution in [2.24, 2.45) is 0 Å². The molecule has 0 aliphatic rings. The molecule has 1 amide bonds. The summed E-state index contributed by atoms with van der Waals surface area (Å²) in [6, 6.07) is 13.0. The lowest BCUT2D eigenvalue weighted by molar-refractivity contribution is -0.119. The predicted octanol–water partition coefficient (Wildman–Crippen LogP) is 4.09. The number of anilines is 1. The molecule has 30 heavy (non-hydrogen) atoms. The van der Waals surface area contributed by atoms with E-state index in [9.17, 15) is 9.59 Å². The van der Waals surface area contributed by atoms with Crippen molar-refractivity contribution in [3.8, 4) is 22.8 Å². The van der Waals surface area contributed by atoms with Crippen molar-refractivity contribution in [1.82, 2.24) is 9.78 Å². The Labute approximate surface area is 179 Å². The van der Waals surface area contributed by atoms with Crippen molar-refractivity contribution >= 4 is 23.2 Å². The third-order valence-corrected chi connectivity index (χ3v) is 4.95. The largest absolute Gasteiger partial charge is 0.495 e. The molecule has 0 saturated carbocycles. The zero-order chi connectivity index (χ0) is 21.8. The molecule has 8 heteroatoms. The highest BCUT2D eigenvalue weighted by Crippen LogP contribution is 2.36. The van der Waals surface area contributed by atoms with Crippen molar-refractivity contribution in [3.63, 3.8) is 0 Å². The van der Waals surface area contributed by atoms with Crippen LogP contribution < -0.4 is 20.3 Å². The van der Waals surface area contributed by atoms with E-state index in [0.717, 1.165) is 15.8 Å². The molecule has 0 unspecified atom stereocenters. The van der Waals surface area contributed by atoms with Crippen LogP contribution in [0.5, 0.6) is 11.5 Å². The first-order chi connectivity index (χ1) is 14.3. The Morgan fingerprint density at radius 2 is 1.73 bits per heavy atom. The van der Waals surface area contributed by atoms with Gasteiger partial charge in [0.15, 0.2) is 0 Å². The van der Waals surface area contributed by atoms with Crippen LogP contribution in [0.3, 0.4) is 0 Å². The Hall–Kier alpha value is -3.32. The molecular formula is C22H22ClN3O4. The maximum absolute atomic E-state index is 12.9. The number of carbonyl (C=O) groups excluding carboxylic acids is 1. The van der Waals surface area contributed by atoms with Crippen LogP contribution in [0.1, 0.15) is 18.5 Å². The fraction of sp³-hybridized carbons (Fsp3) is 0.227. The first-order valence-electron chi connectivity index (χ1n) is 9.23. The molecule has 0 saturated heterocycles. The van der Waals surface area contributed by atoms with E-state index >= 15 is 0 Å². The normalized spacial score (nSPS) is 11.6. The predicted molar refractivity (Wildman–Crippen MR) is 117 cm³/mol. The van der Waals surface area contributed by atoms with Gasteiger partial charge in [-0.3, -0.25) is 9.59 Å². The monoisotopic (exact) mass is 427 g/mol. The molecule has 3 aromatic rings. The Morgan fingerprint density at radius 3 is 2.37 bits per heavy atom. The molecule has 1 atom stereocenters. The first kappa shape index (κ1) is 21.4. The molecule has 0 aliphatic carbocycles. The average molecular weight is 428 g/mol. The summed E-state index contributed by atoms with van der Waals surface area (Å²) in [5.74, 6) is 0.360. The van der Waals surface area contributed by atoms with Crippen molar-refractivity contribution in [2.75, 3.05) is 19.5 Å². The number of nitrogens with one attached hydrogen (secondary N) is 1. The van der Waals surface area contributed by atoms with Gasteiger partial charge < -0.3 is 14.8 Å². The highest BCUT2D eigenvalue weighted by Gasteiger charge is 2.20. The van der Waals surface area contributed by atoms with Gasteiger partial charge in [-0.15, -0.1) is 0 Å². The van der Waals surface area contributed by atoms with Crippen LogP contribution in [-0.2, 0) is 4.79 Å². The number of rotatable bonds is 6. The van der Waals surface area contributed by atoms with Crippen LogP contribution in [0.25, 0.3) is 11.3 Å². The Balaban J connectivity index is 1.90. The minimum Gasteiger partial charge on any atom is -0.495 e. The smallest absolute Gasteiger partial charge is 0.267 e. The number of nitrogens with zero attached hydrogens (tertiary/aromatic N) is 2.